The summed E-state index contributed by atoms with van der Waals surface area (Å²) in [6.07, 6.45) is 1.70. The molecule has 0 saturated carbocycles. The van der Waals surface area contributed by atoms with Crippen LogP contribution in [0.1, 0.15) is 26.2 Å². The van der Waals surface area contributed by atoms with E-state index in [4.69, 9.17) is 5.73 Å². The highest BCUT2D eigenvalue weighted by Crippen LogP contribution is 2.22. The van der Waals surface area contributed by atoms with Gasteiger partial charge in [0.1, 0.15) is 0 Å². The van der Waals surface area contributed by atoms with Crippen molar-refractivity contribution in [2.24, 2.45) is 11.7 Å². The molecule has 1 amide bonds. The molecule has 0 bridgehead atoms. The van der Waals surface area contributed by atoms with Crippen molar-refractivity contribution in [3.8, 4) is 0 Å². The Morgan fingerprint density at radius 3 is 2.50 bits per heavy atom. The molecular weight excluding hydrogens is 228 g/mol. The van der Waals surface area contributed by atoms with Gasteiger partial charge in [-0.1, -0.05) is 0 Å². The summed E-state index contributed by atoms with van der Waals surface area (Å²) in [6, 6.07) is 0. The van der Waals surface area contributed by atoms with Crippen LogP contribution >= 0.6 is 0 Å². The molecule has 3 N–H and O–H groups in total. The number of nitrogens with one attached hydrogen (secondary N) is 1. The maximum Gasteiger partial charge on any atom is 0.218 e. The number of sulfone groups is 1. The van der Waals surface area contributed by atoms with Crippen LogP contribution in [0.3, 0.4) is 0 Å². The fraction of sp³-hybridized carbons (Fsp3) is 0.900. The first-order chi connectivity index (χ1) is 7.43. The standard InChI is InChI=1S/C10H20N2O3S/c1-8(9-2-5-12-6-3-9)16(14,15)7-4-10(11)13/h8-9,12H,2-7H2,1H3,(H2,11,13). The molecule has 1 aliphatic rings. The third kappa shape index (κ3) is 3.75. The minimum atomic E-state index is -3.18. The van der Waals surface area contributed by atoms with Gasteiger partial charge in [0.15, 0.2) is 9.84 Å². The maximum atomic E-state index is 11.9. The van der Waals surface area contributed by atoms with Crippen molar-refractivity contribution < 1.29 is 13.2 Å². The van der Waals surface area contributed by atoms with Crippen molar-refractivity contribution >= 4 is 15.7 Å². The van der Waals surface area contributed by atoms with E-state index in [0.717, 1.165) is 25.9 Å². The van der Waals surface area contributed by atoms with Gasteiger partial charge < -0.3 is 11.1 Å². The molecule has 0 aromatic rings. The summed E-state index contributed by atoms with van der Waals surface area (Å²) in [4.78, 5) is 10.6. The molecule has 1 fully saturated rings. The monoisotopic (exact) mass is 248 g/mol. The molecule has 0 spiro atoms. The van der Waals surface area contributed by atoms with E-state index in [1.165, 1.54) is 0 Å². The highest BCUT2D eigenvalue weighted by atomic mass is 32.2. The summed E-state index contributed by atoms with van der Waals surface area (Å²) in [6.45, 7) is 3.49. The van der Waals surface area contributed by atoms with E-state index in [-0.39, 0.29) is 23.3 Å². The van der Waals surface area contributed by atoms with Crippen molar-refractivity contribution in [1.82, 2.24) is 5.32 Å². The minimum Gasteiger partial charge on any atom is -0.370 e. The van der Waals surface area contributed by atoms with Gasteiger partial charge in [-0.25, -0.2) is 8.42 Å². The summed E-state index contributed by atoms with van der Waals surface area (Å²) in [5.41, 5.74) is 4.96. The van der Waals surface area contributed by atoms with Gasteiger partial charge >= 0.3 is 0 Å². The van der Waals surface area contributed by atoms with Gasteiger partial charge in [0.25, 0.3) is 0 Å². The molecule has 1 saturated heterocycles. The van der Waals surface area contributed by atoms with Crippen molar-refractivity contribution in [1.29, 1.82) is 0 Å². The molecule has 1 unspecified atom stereocenters. The van der Waals surface area contributed by atoms with Crippen LogP contribution in [0.25, 0.3) is 0 Å². The molecule has 1 heterocycles. The zero-order valence-corrected chi connectivity index (χ0v) is 10.4. The van der Waals surface area contributed by atoms with Crippen molar-refractivity contribution in [2.75, 3.05) is 18.8 Å². The van der Waals surface area contributed by atoms with Gasteiger partial charge in [0.05, 0.1) is 11.0 Å². The van der Waals surface area contributed by atoms with E-state index in [1.807, 2.05) is 0 Å². The summed E-state index contributed by atoms with van der Waals surface area (Å²) in [5, 5.41) is 2.84. The van der Waals surface area contributed by atoms with E-state index >= 15 is 0 Å². The van der Waals surface area contributed by atoms with Gasteiger partial charge in [0, 0.05) is 6.42 Å². The Kier molecular flexibility index (Phi) is 4.73. The van der Waals surface area contributed by atoms with Crippen LogP contribution in [0.5, 0.6) is 0 Å². The third-order valence-corrected chi connectivity index (χ3v) is 5.54. The lowest BCUT2D eigenvalue weighted by Gasteiger charge is -2.27. The smallest absolute Gasteiger partial charge is 0.218 e. The van der Waals surface area contributed by atoms with Crippen LogP contribution in [0.2, 0.25) is 0 Å². The number of nitrogens with two attached hydrogens (primary N) is 1. The van der Waals surface area contributed by atoms with Gasteiger partial charge in [-0.05, 0) is 38.8 Å². The van der Waals surface area contributed by atoms with Crippen molar-refractivity contribution in [3.05, 3.63) is 0 Å². The van der Waals surface area contributed by atoms with Crippen LogP contribution in [0.15, 0.2) is 0 Å². The minimum absolute atomic E-state index is 0.0718. The lowest BCUT2D eigenvalue weighted by atomic mass is 9.95. The average Bonchev–Trinajstić information content (AvgIpc) is 2.27. The second kappa shape index (κ2) is 5.63. The summed E-state index contributed by atoms with van der Waals surface area (Å²) < 4.78 is 23.8. The Bertz CT molecular complexity index is 334. The van der Waals surface area contributed by atoms with E-state index in [9.17, 15) is 13.2 Å². The molecule has 6 heteroatoms. The fourth-order valence-corrected chi connectivity index (χ4v) is 3.75. The number of carbonyl (C=O) groups excluding carboxylic acids is 1. The lowest BCUT2D eigenvalue weighted by molar-refractivity contribution is -0.117. The Labute approximate surface area is 96.7 Å². The van der Waals surface area contributed by atoms with E-state index in [2.05, 4.69) is 5.32 Å². The Hall–Kier alpha value is -0.620. The molecule has 0 aromatic carbocycles. The molecule has 16 heavy (non-hydrogen) atoms. The second-order valence-corrected chi connectivity index (χ2v) is 6.85. The summed E-state index contributed by atoms with van der Waals surface area (Å²) >= 11 is 0. The quantitative estimate of drug-likeness (QED) is 0.697. The topological polar surface area (TPSA) is 89.3 Å². The molecule has 1 atom stereocenters. The Balaban J connectivity index is 2.56. The van der Waals surface area contributed by atoms with Crippen LogP contribution in [-0.4, -0.2) is 38.4 Å². The van der Waals surface area contributed by atoms with E-state index in [1.54, 1.807) is 6.92 Å². The normalized spacial score (nSPS) is 20.6. The van der Waals surface area contributed by atoms with Gasteiger partial charge in [-0.2, -0.15) is 0 Å². The SMILES string of the molecule is CC(C1CCNCC1)S(=O)(=O)CCC(N)=O. The van der Waals surface area contributed by atoms with Gasteiger partial charge in [-0.3, -0.25) is 4.79 Å². The lowest BCUT2D eigenvalue weighted by Crippen LogP contribution is -2.37. The number of rotatable bonds is 5. The molecule has 0 aromatic heterocycles. The van der Waals surface area contributed by atoms with Crippen molar-refractivity contribution in [3.63, 3.8) is 0 Å². The highest BCUT2D eigenvalue weighted by molar-refractivity contribution is 7.92. The predicted octanol–water partition coefficient (Wildman–Crippen LogP) is -0.335. The predicted molar refractivity (Wildman–Crippen MR) is 62.7 cm³/mol. The molecule has 0 aliphatic carbocycles. The Morgan fingerprint density at radius 1 is 1.44 bits per heavy atom. The average molecular weight is 248 g/mol. The van der Waals surface area contributed by atoms with Gasteiger partial charge in [0.2, 0.25) is 5.91 Å². The molecule has 0 radical (unpaired) electrons. The number of hydrogen-bond donors (Lipinski definition) is 2. The maximum absolute atomic E-state index is 11.9. The van der Waals surface area contributed by atoms with Crippen LogP contribution in [-0.2, 0) is 14.6 Å². The Morgan fingerprint density at radius 2 is 2.00 bits per heavy atom. The zero-order valence-electron chi connectivity index (χ0n) is 9.61. The molecular formula is C10H20N2O3S. The number of piperidine rings is 1. The summed E-state index contributed by atoms with van der Waals surface area (Å²) in [5.74, 6) is -0.465. The first kappa shape index (κ1) is 13.4. The van der Waals surface area contributed by atoms with E-state index in [0.29, 0.717) is 0 Å². The van der Waals surface area contributed by atoms with E-state index < -0.39 is 15.7 Å². The number of primary amides is 1. The van der Waals surface area contributed by atoms with Crippen LogP contribution in [0, 0.1) is 5.92 Å². The molecule has 5 nitrogen and oxygen atoms in total. The molecule has 1 rings (SSSR count). The highest BCUT2D eigenvalue weighted by Gasteiger charge is 2.30. The largest absolute Gasteiger partial charge is 0.370 e. The third-order valence-electron chi connectivity index (χ3n) is 3.25. The zero-order chi connectivity index (χ0) is 12.2. The molecule has 1 aliphatic heterocycles. The first-order valence-corrected chi connectivity index (χ1v) is 7.35. The van der Waals surface area contributed by atoms with Crippen LogP contribution < -0.4 is 11.1 Å². The number of hydrogen-bond acceptors (Lipinski definition) is 4. The van der Waals surface area contributed by atoms with Gasteiger partial charge in [-0.15, -0.1) is 0 Å². The fourth-order valence-electron chi connectivity index (χ4n) is 2.04. The second-order valence-electron chi connectivity index (χ2n) is 4.38. The molecule has 94 valence electrons. The number of carbonyl (C=O) groups is 1. The van der Waals surface area contributed by atoms with Crippen LogP contribution in [0.4, 0.5) is 0 Å². The summed E-state index contributed by atoms with van der Waals surface area (Å²) in [7, 11) is -3.18. The number of amides is 1. The first-order valence-electron chi connectivity index (χ1n) is 5.64. The van der Waals surface area contributed by atoms with Crippen molar-refractivity contribution in [2.45, 2.75) is 31.4 Å².